The minimum absolute atomic E-state index is 0.0517. The van der Waals surface area contributed by atoms with Gasteiger partial charge >= 0.3 is 0 Å². The van der Waals surface area contributed by atoms with Crippen LogP contribution in [0.4, 0.5) is 5.69 Å². The lowest BCUT2D eigenvalue weighted by Gasteiger charge is -2.05. The monoisotopic (exact) mass is 260 g/mol. The second kappa shape index (κ2) is 5.69. The molecule has 3 nitrogen and oxygen atoms in total. The van der Waals surface area contributed by atoms with E-state index in [0.29, 0.717) is 17.8 Å². The van der Waals surface area contributed by atoms with Crippen LogP contribution in [0.3, 0.4) is 0 Å². The van der Waals surface area contributed by atoms with Gasteiger partial charge in [0.2, 0.25) is 0 Å². The van der Waals surface area contributed by atoms with Crippen molar-refractivity contribution >= 4 is 22.9 Å². The lowest BCUT2D eigenvalue weighted by atomic mass is 10.2. The van der Waals surface area contributed by atoms with E-state index < -0.39 is 0 Å². The Balaban J connectivity index is 1.85. The second-order valence-corrected chi connectivity index (χ2v) is 5.16. The zero-order valence-corrected chi connectivity index (χ0v) is 11.1. The third kappa shape index (κ3) is 3.11. The zero-order chi connectivity index (χ0) is 13.0. The van der Waals surface area contributed by atoms with Gasteiger partial charge in [-0.1, -0.05) is 0 Å². The lowest BCUT2D eigenvalue weighted by molar-refractivity contribution is 0.0954. The minimum Gasteiger partial charge on any atom is -0.399 e. The van der Waals surface area contributed by atoms with Gasteiger partial charge in [0.1, 0.15) is 0 Å². The van der Waals surface area contributed by atoms with E-state index in [-0.39, 0.29) is 5.91 Å². The highest BCUT2D eigenvalue weighted by Crippen LogP contribution is 2.15. The van der Waals surface area contributed by atoms with E-state index in [4.69, 9.17) is 5.73 Å². The topological polar surface area (TPSA) is 55.1 Å². The molecule has 0 saturated carbocycles. The van der Waals surface area contributed by atoms with Gasteiger partial charge in [0.15, 0.2) is 0 Å². The van der Waals surface area contributed by atoms with Crippen molar-refractivity contribution < 1.29 is 4.79 Å². The summed E-state index contributed by atoms with van der Waals surface area (Å²) in [5, 5.41) is 4.99. The lowest BCUT2D eigenvalue weighted by Crippen LogP contribution is -2.25. The number of hydrogen-bond donors (Lipinski definition) is 2. The van der Waals surface area contributed by atoms with Crippen LogP contribution in [0.1, 0.15) is 20.8 Å². The van der Waals surface area contributed by atoms with Crippen LogP contribution in [0, 0.1) is 6.92 Å². The van der Waals surface area contributed by atoms with E-state index in [9.17, 15) is 4.79 Å². The smallest absolute Gasteiger partial charge is 0.251 e. The number of carbonyl (C=O) groups is 1. The summed E-state index contributed by atoms with van der Waals surface area (Å²) in [6.07, 6.45) is 0.879. The third-order valence-corrected chi connectivity index (χ3v) is 3.86. The standard InChI is InChI=1S/C14H16N2OS/c1-10-7-9-18-13(10)6-8-16-14(17)11-2-4-12(15)5-3-11/h2-5,7,9H,6,8,15H2,1H3,(H,16,17). The molecule has 1 amide bonds. The number of thiophene rings is 1. The fourth-order valence-electron chi connectivity index (χ4n) is 1.69. The number of nitrogen functional groups attached to an aromatic ring is 1. The van der Waals surface area contributed by atoms with Crippen molar-refractivity contribution in [3.63, 3.8) is 0 Å². The summed E-state index contributed by atoms with van der Waals surface area (Å²) in [7, 11) is 0. The maximum absolute atomic E-state index is 11.8. The number of anilines is 1. The molecule has 0 bridgehead atoms. The minimum atomic E-state index is -0.0517. The summed E-state index contributed by atoms with van der Waals surface area (Å²) in [5.74, 6) is -0.0517. The summed E-state index contributed by atoms with van der Waals surface area (Å²) < 4.78 is 0. The first-order valence-corrected chi connectivity index (χ1v) is 6.71. The summed E-state index contributed by atoms with van der Waals surface area (Å²) >= 11 is 1.73. The van der Waals surface area contributed by atoms with E-state index in [0.717, 1.165) is 6.42 Å². The highest BCUT2D eigenvalue weighted by molar-refractivity contribution is 7.10. The van der Waals surface area contributed by atoms with Gasteiger partial charge in [-0.15, -0.1) is 11.3 Å². The summed E-state index contributed by atoms with van der Waals surface area (Å²) in [4.78, 5) is 13.1. The molecule has 0 aliphatic heterocycles. The average molecular weight is 260 g/mol. The van der Waals surface area contributed by atoms with E-state index in [2.05, 4.69) is 23.7 Å². The Morgan fingerprint density at radius 2 is 2.00 bits per heavy atom. The highest BCUT2D eigenvalue weighted by atomic mass is 32.1. The molecule has 0 spiro atoms. The molecule has 0 fully saturated rings. The summed E-state index contributed by atoms with van der Waals surface area (Å²) in [6, 6.07) is 9.04. The van der Waals surface area contributed by atoms with Crippen LogP contribution in [0.15, 0.2) is 35.7 Å². The average Bonchev–Trinajstić information content (AvgIpc) is 2.76. The van der Waals surface area contributed by atoms with Gasteiger partial charge in [-0.05, 0) is 54.6 Å². The van der Waals surface area contributed by atoms with Crippen LogP contribution in [-0.4, -0.2) is 12.5 Å². The number of carbonyl (C=O) groups excluding carboxylic acids is 1. The van der Waals surface area contributed by atoms with E-state index in [1.54, 1.807) is 35.6 Å². The quantitative estimate of drug-likeness (QED) is 0.830. The first-order valence-electron chi connectivity index (χ1n) is 5.83. The first kappa shape index (κ1) is 12.6. The molecular formula is C14H16N2OS. The second-order valence-electron chi connectivity index (χ2n) is 4.15. The fourth-order valence-corrected chi connectivity index (χ4v) is 2.60. The largest absolute Gasteiger partial charge is 0.399 e. The van der Waals surface area contributed by atoms with Crippen molar-refractivity contribution in [2.75, 3.05) is 12.3 Å². The van der Waals surface area contributed by atoms with Crippen LogP contribution in [0.25, 0.3) is 0 Å². The van der Waals surface area contributed by atoms with Gasteiger partial charge in [-0.3, -0.25) is 4.79 Å². The third-order valence-electron chi connectivity index (χ3n) is 2.78. The normalized spacial score (nSPS) is 10.3. The Hall–Kier alpha value is -1.81. The molecule has 1 aromatic heterocycles. The number of nitrogens with one attached hydrogen (secondary N) is 1. The Morgan fingerprint density at radius 1 is 1.28 bits per heavy atom. The summed E-state index contributed by atoms with van der Waals surface area (Å²) in [5.41, 5.74) is 8.18. The maximum Gasteiger partial charge on any atom is 0.251 e. The molecule has 0 saturated heterocycles. The van der Waals surface area contributed by atoms with Crippen molar-refractivity contribution in [3.8, 4) is 0 Å². The Kier molecular flexibility index (Phi) is 3.99. The van der Waals surface area contributed by atoms with E-state index in [1.807, 2.05) is 0 Å². The van der Waals surface area contributed by atoms with Crippen LogP contribution in [0.5, 0.6) is 0 Å². The number of nitrogens with two attached hydrogens (primary N) is 1. The van der Waals surface area contributed by atoms with Gasteiger partial charge < -0.3 is 11.1 Å². The first-order chi connectivity index (χ1) is 8.66. The zero-order valence-electron chi connectivity index (χ0n) is 10.3. The Bertz CT molecular complexity index is 531. The van der Waals surface area contributed by atoms with Crippen molar-refractivity contribution in [1.29, 1.82) is 0 Å². The molecule has 0 atom stereocenters. The fraction of sp³-hybridized carbons (Fsp3) is 0.214. The van der Waals surface area contributed by atoms with Crippen LogP contribution in [-0.2, 0) is 6.42 Å². The molecule has 0 aliphatic rings. The van der Waals surface area contributed by atoms with Crippen molar-refractivity contribution in [3.05, 3.63) is 51.7 Å². The van der Waals surface area contributed by atoms with E-state index >= 15 is 0 Å². The SMILES string of the molecule is Cc1ccsc1CCNC(=O)c1ccc(N)cc1. The number of aryl methyl sites for hydroxylation is 1. The molecular weight excluding hydrogens is 244 g/mol. The predicted octanol–water partition coefficient (Wildman–Crippen LogP) is 2.61. The molecule has 94 valence electrons. The molecule has 0 unspecified atom stereocenters. The van der Waals surface area contributed by atoms with Gasteiger partial charge in [0.05, 0.1) is 0 Å². The van der Waals surface area contributed by atoms with Gasteiger partial charge in [0, 0.05) is 22.7 Å². The van der Waals surface area contributed by atoms with Crippen molar-refractivity contribution in [2.24, 2.45) is 0 Å². The predicted molar refractivity (Wildman–Crippen MR) is 75.9 cm³/mol. The molecule has 1 aromatic carbocycles. The van der Waals surface area contributed by atoms with Gasteiger partial charge in [-0.25, -0.2) is 0 Å². The van der Waals surface area contributed by atoms with Crippen LogP contribution >= 0.6 is 11.3 Å². The molecule has 1 heterocycles. The van der Waals surface area contributed by atoms with E-state index in [1.165, 1.54) is 10.4 Å². The van der Waals surface area contributed by atoms with Crippen molar-refractivity contribution in [2.45, 2.75) is 13.3 Å². The molecule has 2 aromatic rings. The number of amides is 1. The molecule has 2 rings (SSSR count). The Morgan fingerprint density at radius 3 is 2.61 bits per heavy atom. The number of rotatable bonds is 4. The van der Waals surface area contributed by atoms with Crippen LogP contribution < -0.4 is 11.1 Å². The maximum atomic E-state index is 11.8. The van der Waals surface area contributed by atoms with Crippen LogP contribution in [0.2, 0.25) is 0 Å². The molecule has 4 heteroatoms. The molecule has 0 radical (unpaired) electrons. The highest BCUT2D eigenvalue weighted by Gasteiger charge is 2.05. The summed E-state index contributed by atoms with van der Waals surface area (Å²) in [6.45, 7) is 2.75. The van der Waals surface area contributed by atoms with Crippen molar-refractivity contribution in [1.82, 2.24) is 5.32 Å². The number of benzene rings is 1. The molecule has 0 aliphatic carbocycles. The van der Waals surface area contributed by atoms with Gasteiger partial charge in [-0.2, -0.15) is 0 Å². The van der Waals surface area contributed by atoms with Gasteiger partial charge in [0.25, 0.3) is 5.91 Å². The molecule has 3 N–H and O–H groups in total. The molecule has 18 heavy (non-hydrogen) atoms. The Labute approximate surface area is 111 Å². The number of hydrogen-bond acceptors (Lipinski definition) is 3.